The van der Waals surface area contributed by atoms with E-state index in [-0.39, 0.29) is 10.8 Å². The Morgan fingerprint density at radius 1 is 0.393 bits per heavy atom. The Morgan fingerprint density at radius 3 is 1.75 bits per heavy atom. The SMILES string of the molecule is CC1(C)c2ccccc2-c2ccc(-c3ccccc3N(c3ccc(-c4cccc5c4C(C)(C)c4ccccc4-5)cc3)c3cccc4c3sc3ccccc34)cc21. The topological polar surface area (TPSA) is 3.24 Å². The number of nitrogens with zero attached hydrogens (tertiary/aromatic N) is 1. The van der Waals surface area contributed by atoms with E-state index in [1.807, 2.05) is 11.3 Å². The zero-order valence-corrected chi connectivity index (χ0v) is 32.9. The Balaban J connectivity index is 1.10. The zero-order valence-electron chi connectivity index (χ0n) is 32.1. The van der Waals surface area contributed by atoms with Gasteiger partial charge in [-0.1, -0.05) is 167 Å². The van der Waals surface area contributed by atoms with Crippen LogP contribution in [0.15, 0.2) is 176 Å². The van der Waals surface area contributed by atoms with E-state index >= 15 is 0 Å². The maximum absolute atomic E-state index is 2.50. The minimum absolute atomic E-state index is 0.0807. The smallest absolute Gasteiger partial charge is 0.0640 e. The van der Waals surface area contributed by atoms with Gasteiger partial charge in [-0.05, 0) is 97.6 Å². The standard InChI is InChI=1S/C54H41NS/c1-53(2)45-22-9-5-16-39(45)41-32-29-35(33-47(41)53)37-15-7-11-24-48(37)55(49-25-14-21-44-42-18-8-12-26-50(42)56-52(44)49)36-30-27-34(28-31-36)38-19-13-20-43-40-17-6-10-23-46(40)54(3,4)51(38)43/h5-33H,1-4H3. The number of rotatable bonds is 5. The molecule has 2 aliphatic rings. The lowest BCUT2D eigenvalue weighted by Gasteiger charge is -2.29. The first kappa shape index (κ1) is 33.1. The molecule has 0 fully saturated rings. The van der Waals surface area contributed by atoms with E-state index in [1.165, 1.54) is 92.6 Å². The zero-order chi connectivity index (χ0) is 37.8. The fraction of sp³-hybridized carbons (Fsp3) is 0.111. The van der Waals surface area contributed by atoms with Gasteiger partial charge >= 0.3 is 0 Å². The Kier molecular flexibility index (Phi) is 7.18. The largest absolute Gasteiger partial charge is 0.308 e. The highest BCUT2D eigenvalue weighted by Crippen LogP contribution is 2.54. The molecule has 1 nitrogen and oxygen atoms in total. The summed E-state index contributed by atoms with van der Waals surface area (Å²) in [6.45, 7) is 9.48. The summed E-state index contributed by atoms with van der Waals surface area (Å²) in [7, 11) is 0. The lowest BCUT2D eigenvalue weighted by molar-refractivity contribution is 0.660. The van der Waals surface area contributed by atoms with Crippen molar-refractivity contribution in [1.82, 2.24) is 0 Å². The maximum atomic E-state index is 2.50. The Hall–Kier alpha value is -6.22. The second-order valence-corrected chi connectivity index (χ2v) is 17.5. The fourth-order valence-corrected chi connectivity index (χ4v) is 11.2. The number of anilines is 3. The van der Waals surface area contributed by atoms with Gasteiger partial charge in [0.2, 0.25) is 0 Å². The summed E-state index contributed by atoms with van der Waals surface area (Å²) in [5, 5.41) is 2.60. The number of thiophene rings is 1. The number of hydrogen-bond donors (Lipinski definition) is 0. The van der Waals surface area contributed by atoms with E-state index in [9.17, 15) is 0 Å². The van der Waals surface area contributed by atoms with E-state index in [1.54, 1.807) is 0 Å². The van der Waals surface area contributed by atoms with Crippen LogP contribution < -0.4 is 4.90 Å². The first-order chi connectivity index (χ1) is 27.3. The predicted molar refractivity (Wildman–Crippen MR) is 240 cm³/mol. The third-order valence-electron chi connectivity index (χ3n) is 12.7. The molecule has 0 aliphatic heterocycles. The quantitative estimate of drug-likeness (QED) is 0.170. The van der Waals surface area contributed by atoms with Crippen molar-refractivity contribution in [3.8, 4) is 44.5 Å². The summed E-state index contributed by atoms with van der Waals surface area (Å²) in [6, 6.07) is 65.7. The predicted octanol–water partition coefficient (Wildman–Crippen LogP) is 15.5. The fourth-order valence-electron chi connectivity index (χ4n) is 9.98. The van der Waals surface area contributed by atoms with Crippen LogP contribution >= 0.6 is 11.3 Å². The van der Waals surface area contributed by atoms with Crippen LogP contribution in [0.2, 0.25) is 0 Å². The maximum Gasteiger partial charge on any atom is 0.0640 e. The molecule has 8 aromatic carbocycles. The van der Waals surface area contributed by atoms with Crippen LogP contribution in [0.25, 0.3) is 64.7 Å². The number of hydrogen-bond acceptors (Lipinski definition) is 2. The van der Waals surface area contributed by atoms with E-state index < -0.39 is 0 Å². The second kappa shape index (κ2) is 12.1. The molecule has 0 N–H and O–H groups in total. The van der Waals surface area contributed by atoms with Crippen LogP contribution in [-0.4, -0.2) is 0 Å². The Labute approximate surface area is 333 Å². The Morgan fingerprint density at radius 2 is 0.946 bits per heavy atom. The van der Waals surface area contributed by atoms with Gasteiger partial charge in [0.15, 0.2) is 0 Å². The molecular formula is C54H41NS. The van der Waals surface area contributed by atoms with Gasteiger partial charge in [-0.2, -0.15) is 0 Å². The highest BCUT2D eigenvalue weighted by Gasteiger charge is 2.38. The molecule has 56 heavy (non-hydrogen) atoms. The molecule has 0 unspecified atom stereocenters. The summed E-state index contributed by atoms with van der Waals surface area (Å²) in [6.07, 6.45) is 0. The van der Waals surface area contributed by atoms with Crippen molar-refractivity contribution in [2.45, 2.75) is 38.5 Å². The van der Waals surface area contributed by atoms with Gasteiger partial charge in [0.05, 0.1) is 16.1 Å². The number of fused-ring (bicyclic) bond motifs is 9. The summed E-state index contributed by atoms with van der Waals surface area (Å²) in [5.74, 6) is 0. The van der Waals surface area contributed by atoms with Crippen molar-refractivity contribution < 1.29 is 0 Å². The summed E-state index contributed by atoms with van der Waals surface area (Å²) in [4.78, 5) is 2.50. The third kappa shape index (κ3) is 4.72. The molecule has 0 radical (unpaired) electrons. The lowest BCUT2D eigenvalue weighted by Crippen LogP contribution is -2.16. The molecule has 268 valence electrons. The summed E-state index contributed by atoms with van der Waals surface area (Å²) < 4.78 is 2.60. The molecule has 0 atom stereocenters. The molecule has 0 bridgehead atoms. The van der Waals surface area contributed by atoms with Gasteiger partial charge < -0.3 is 4.90 Å². The van der Waals surface area contributed by atoms with Gasteiger partial charge in [-0.25, -0.2) is 0 Å². The average molecular weight is 736 g/mol. The first-order valence-electron chi connectivity index (χ1n) is 19.7. The van der Waals surface area contributed by atoms with Crippen LogP contribution in [0, 0.1) is 0 Å². The van der Waals surface area contributed by atoms with E-state index in [0.717, 1.165) is 11.4 Å². The van der Waals surface area contributed by atoms with Gasteiger partial charge in [-0.3, -0.25) is 0 Å². The molecule has 2 aliphatic carbocycles. The molecule has 2 heteroatoms. The van der Waals surface area contributed by atoms with Crippen molar-refractivity contribution in [1.29, 1.82) is 0 Å². The van der Waals surface area contributed by atoms with Crippen molar-refractivity contribution >= 4 is 48.6 Å². The van der Waals surface area contributed by atoms with Crippen LogP contribution in [0.1, 0.15) is 49.9 Å². The molecule has 0 amide bonds. The van der Waals surface area contributed by atoms with Gasteiger partial charge in [0.1, 0.15) is 0 Å². The first-order valence-corrected chi connectivity index (χ1v) is 20.5. The van der Waals surface area contributed by atoms with Crippen molar-refractivity contribution in [3.63, 3.8) is 0 Å². The third-order valence-corrected chi connectivity index (χ3v) is 13.9. The molecular weight excluding hydrogens is 695 g/mol. The molecule has 11 rings (SSSR count). The number of benzene rings is 8. The minimum atomic E-state index is -0.0885. The van der Waals surface area contributed by atoms with Crippen molar-refractivity contribution in [2.75, 3.05) is 4.90 Å². The molecule has 1 aromatic heterocycles. The summed E-state index contributed by atoms with van der Waals surface area (Å²) in [5.41, 5.74) is 19.3. The second-order valence-electron chi connectivity index (χ2n) is 16.5. The normalized spacial score (nSPS) is 14.4. The van der Waals surface area contributed by atoms with Crippen molar-refractivity contribution in [3.05, 3.63) is 198 Å². The minimum Gasteiger partial charge on any atom is -0.308 e. The molecule has 9 aromatic rings. The van der Waals surface area contributed by atoms with Crippen LogP contribution in [0.3, 0.4) is 0 Å². The van der Waals surface area contributed by atoms with Crippen LogP contribution in [-0.2, 0) is 10.8 Å². The van der Waals surface area contributed by atoms with Gasteiger partial charge in [0, 0.05) is 37.6 Å². The lowest BCUT2D eigenvalue weighted by atomic mass is 9.79. The van der Waals surface area contributed by atoms with E-state index in [2.05, 4.69) is 209 Å². The summed E-state index contributed by atoms with van der Waals surface area (Å²) >= 11 is 1.88. The van der Waals surface area contributed by atoms with Gasteiger partial charge in [-0.15, -0.1) is 11.3 Å². The van der Waals surface area contributed by atoms with Crippen LogP contribution in [0.5, 0.6) is 0 Å². The molecule has 0 saturated heterocycles. The number of para-hydroxylation sites is 1. The van der Waals surface area contributed by atoms with E-state index in [0.29, 0.717) is 0 Å². The monoisotopic (exact) mass is 735 g/mol. The average Bonchev–Trinajstić information content (AvgIpc) is 3.82. The molecule has 1 heterocycles. The van der Waals surface area contributed by atoms with E-state index in [4.69, 9.17) is 0 Å². The highest BCUT2D eigenvalue weighted by atomic mass is 32.1. The van der Waals surface area contributed by atoms with Gasteiger partial charge in [0.25, 0.3) is 0 Å². The Bertz CT molecular complexity index is 3030. The van der Waals surface area contributed by atoms with Crippen molar-refractivity contribution in [2.24, 2.45) is 0 Å². The highest BCUT2D eigenvalue weighted by molar-refractivity contribution is 7.26. The van der Waals surface area contributed by atoms with Crippen LogP contribution in [0.4, 0.5) is 17.1 Å². The molecule has 0 saturated carbocycles. The molecule has 0 spiro atoms.